The highest BCUT2D eigenvalue weighted by Gasteiger charge is 2.31. The molecule has 1 aliphatic carbocycles. The molecule has 1 aromatic carbocycles. The van der Waals surface area contributed by atoms with E-state index in [1.807, 2.05) is 0 Å². The zero-order valence-corrected chi connectivity index (χ0v) is 12.5. The molecule has 1 aliphatic rings. The molecule has 1 saturated carbocycles. The van der Waals surface area contributed by atoms with Crippen LogP contribution in [0.25, 0.3) is 11.0 Å². The van der Waals surface area contributed by atoms with Crippen LogP contribution in [0.4, 0.5) is 0 Å². The molecule has 20 heavy (non-hydrogen) atoms. The number of fused-ring (bicyclic) bond motifs is 1. The first-order valence-corrected chi connectivity index (χ1v) is 8.77. The predicted molar refractivity (Wildman–Crippen MR) is 77.9 cm³/mol. The number of nitrogens with one attached hydrogen (secondary N) is 1. The van der Waals surface area contributed by atoms with E-state index in [2.05, 4.69) is 13.5 Å². The summed E-state index contributed by atoms with van der Waals surface area (Å²) in [5, 5.41) is 0. The van der Waals surface area contributed by atoms with E-state index in [4.69, 9.17) is 5.73 Å². The zero-order valence-electron chi connectivity index (χ0n) is 10.8. The molecule has 2 unspecified atom stereocenters. The predicted octanol–water partition coefficient (Wildman–Crippen LogP) is 1.10. The molecule has 2 aromatic rings. The van der Waals surface area contributed by atoms with E-state index in [0.29, 0.717) is 17.6 Å². The minimum Gasteiger partial charge on any atom is -0.330 e. The Kier molecular flexibility index (Phi) is 3.72. The van der Waals surface area contributed by atoms with Gasteiger partial charge in [-0.15, -0.1) is 0 Å². The summed E-state index contributed by atoms with van der Waals surface area (Å²) < 4.78 is 36.0. The average molecular weight is 312 g/mol. The summed E-state index contributed by atoms with van der Waals surface area (Å²) in [7, 11) is -3.58. The quantitative estimate of drug-likeness (QED) is 0.881. The van der Waals surface area contributed by atoms with Crippen molar-refractivity contribution in [3.8, 4) is 0 Å². The van der Waals surface area contributed by atoms with E-state index in [1.165, 1.54) is 0 Å². The Bertz CT molecular complexity index is 713. The summed E-state index contributed by atoms with van der Waals surface area (Å²) in [5.74, 6) is 0.220. The molecule has 0 spiro atoms. The van der Waals surface area contributed by atoms with Crippen LogP contribution >= 0.6 is 11.7 Å². The largest absolute Gasteiger partial charge is 0.330 e. The fraction of sp³-hybridized carbons (Fsp3) is 0.500. The Hall–Kier alpha value is -1.09. The van der Waals surface area contributed by atoms with Crippen molar-refractivity contribution < 1.29 is 8.42 Å². The van der Waals surface area contributed by atoms with Crippen LogP contribution in [0.1, 0.15) is 19.3 Å². The van der Waals surface area contributed by atoms with Gasteiger partial charge in [0.15, 0.2) is 0 Å². The summed E-state index contributed by atoms with van der Waals surface area (Å²) in [6, 6.07) is 4.94. The van der Waals surface area contributed by atoms with Gasteiger partial charge in [-0.1, -0.05) is 12.5 Å². The summed E-state index contributed by atoms with van der Waals surface area (Å²) in [4.78, 5) is 0.200. The molecule has 3 rings (SSSR count). The van der Waals surface area contributed by atoms with Crippen LogP contribution < -0.4 is 10.5 Å². The van der Waals surface area contributed by atoms with Crippen LogP contribution in [0.5, 0.6) is 0 Å². The highest BCUT2D eigenvalue weighted by molar-refractivity contribution is 7.89. The van der Waals surface area contributed by atoms with Gasteiger partial charge in [-0.05, 0) is 37.4 Å². The normalized spacial score (nSPS) is 23.4. The van der Waals surface area contributed by atoms with E-state index in [-0.39, 0.29) is 16.9 Å². The standard InChI is InChI=1S/C12H16N4O2S2/c13-7-8-3-1-4-9(8)16-20(17,18)11-6-2-5-10-12(11)15-19-14-10/h2,5-6,8-9,16H,1,3-4,7,13H2. The van der Waals surface area contributed by atoms with Gasteiger partial charge in [0, 0.05) is 6.04 Å². The molecule has 0 amide bonds. The fourth-order valence-corrected chi connectivity index (χ4v) is 4.84. The number of hydrogen-bond acceptors (Lipinski definition) is 6. The van der Waals surface area contributed by atoms with Crippen molar-refractivity contribution in [3.63, 3.8) is 0 Å². The first-order valence-electron chi connectivity index (χ1n) is 6.55. The highest BCUT2D eigenvalue weighted by atomic mass is 32.2. The molecule has 0 saturated heterocycles. The average Bonchev–Trinajstić information content (AvgIpc) is 3.05. The third-order valence-electron chi connectivity index (χ3n) is 3.81. The van der Waals surface area contributed by atoms with Crippen molar-refractivity contribution in [1.82, 2.24) is 13.5 Å². The molecule has 8 heteroatoms. The fourth-order valence-electron chi connectivity index (χ4n) is 2.74. The molecule has 1 aromatic heterocycles. The van der Waals surface area contributed by atoms with Crippen molar-refractivity contribution in [2.45, 2.75) is 30.2 Å². The second-order valence-electron chi connectivity index (χ2n) is 5.04. The van der Waals surface area contributed by atoms with E-state index in [9.17, 15) is 8.42 Å². The number of aromatic nitrogens is 2. The monoisotopic (exact) mass is 312 g/mol. The summed E-state index contributed by atoms with van der Waals surface area (Å²) in [5.41, 5.74) is 6.75. The van der Waals surface area contributed by atoms with Gasteiger partial charge in [0.2, 0.25) is 10.0 Å². The SMILES string of the molecule is NCC1CCCC1NS(=O)(=O)c1cccc2nsnc12. The van der Waals surface area contributed by atoms with Gasteiger partial charge in [-0.25, -0.2) is 13.1 Å². The van der Waals surface area contributed by atoms with Crippen molar-refractivity contribution >= 4 is 32.8 Å². The number of nitrogens with two attached hydrogens (primary N) is 1. The topological polar surface area (TPSA) is 98.0 Å². The molecule has 1 heterocycles. The molecule has 108 valence electrons. The number of hydrogen-bond donors (Lipinski definition) is 2. The zero-order chi connectivity index (χ0) is 14.2. The lowest BCUT2D eigenvalue weighted by atomic mass is 10.1. The Morgan fingerprint density at radius 1 is 1.35 bits per heavy atom. The van der Waals surface area contributed by atoms with Crippen LogP contribution in [-0.2, 0) is 10.0 Å². The van der Waals surface area contributed by atoms with Crippen molar-refractivity contribution in [2.75, 3.05) is 6.54 Å². The van der Waals surface area contributed by atoms with Crippen molar-refractivity contribution in [3.05, 3.63) is 18.2 Å². The first kappa shape index (κ1) is 13.9. The molecular formula is C12H16N4O2S2. The Balaban J connectivity index is 1.94. The smallest absolute Gasteiger partial charge is 0.243 e. The van der Waals surface area contributed by atoms with Gasteiger partial charge in [-0.3, -0.25) is 0 Å². The van der Waals surface area contributed by atoms with Gasteiger partial charge in [0.25, 0.3) is 0 Å². The van der Waals surface area contributed by atoms with Crippen LogP contribution in [0.3, 0.4) is 0 Å². The second-order valence-corrected chi connectivity index (χ2v) is 7.25. The lowest BCUT2D eigenvalue weighted by molar-refractivity contribution is 0.453. The van der Waals surface area contributed by atoms with Crippen LogP contribution in [-0.4, -0.2) is 29.8 Å². The number of sulfonamides is 1. The van der Waals surface area contributed by atoms with Crippen LogP contribution in [0.2, 0.25) is 0 Å². The van der Waals surface area contributed by atoms with Gasteiger partial charge < -0.3 is 5.73 Å². The minimum atomic E-state index is -3.58. The van der Waals surface area contributed by atoms with E-state index >= 15 is 0 Å². The summed E-state index contributed by atoms with van der Waals surface area (Å²) in [6.45, 7) is 0.510. The highest BCUT2D eigenvalue weighted by Crippen LogP contribution is 2.27. The van der Waals surface area contributed by atoms with E-state index < -0.39 is 10.0 Å². The maximum Gasteiger partial charge on any atom is 0.243 e. The van der Waals surface area contributed by atoms with Gasteiger partial charge in [0.05, 0.1) is 11.7 Å². The number of benzene rings is 1. The Labute approximate surface area is 121 Å². The third-order valence-corrected chi connectivity index (χ3v) is 5.87. The molecule has 0 bridgehead atoms. The van der Waals surface area contributed by atoms with Crippen LogP contribution in [0, 0.1) is 5.92 Å². The molecule has 0 radical (unpaired) electrons. The van der Waals surface area contributed by atoms with E-state index in [0.717, 1.165) is 31.0 Å². The molecule has 2 atom stereocenters. The van der Waals surface area contributed by atoms with Gasteiger partial charge >= 0.3 is 0 Å². The summed E-state index contributed by atoms with van der Waals surface area (Å²) >= 11 is 1.02. The first-order chi connectivity index (χ1) is 9.62. The molecule has 3 N–H and O–H groups in total. The number of nitrogens with zero attached hydrogens (tertiary/aromatic N) is 2. The Morgan fingerprint density at radius 3 is 3.00 bits per heavy atom. The lowest BCUT2D eigenvalue weighted by Gasteiger charge is -2.19. The third kappa shape index (κ3) is 2.44. The molecule has 6 nitrogen and oxygen atoms in total. The minimum absolute atomic E-state index is 0.0770. The Morgan fingerprint density at radius 2 is 2.20 bits per heavy atom. The number of rotatable bonds is 4. The van der Waals surface area contributed by atoms with E-state index in [1.54, 1.807) is 18.2 Å². The van der Waals surface area contributed by atoms with Gasteiger partial charge in [0.1, 0.15) is 15.9 Å². The maximum atomic E-state index is 12.5. The maximum absolute atomic E-state index is 12.5. The van der Waals surface area contributed by atoms with Crippen molar-refractivity contribution in [2.24, 2.45) is 11.7 Å². The molecular weight excluding hydrogens is 296 g/mol. The van der Waals surface area contributed by atoms with Crippen molar-refractivity contribution in [1.29, 1.82) is 0 Å². The van der Waals surface area contributed by atoms with Crippen LogP contribution in [0.15, 0.2) is 23.1 Å². The molecule has 0 aliphatic heterocycles. The lowest BCUT2D eigenvalue weighted by Crippen LogP contribution is -2.39. The summed E-state index contributed by atoms with van der Waals surface area (Å²) in [6.07, 6.45) is 2.83. The molecule has 1 fully saturated rings. The van der Waals surface area contributed by atoms with Gasteiger partial charge in [-0.2, -0.15) is 8.75 Å². The second kappa shape index (κ2) is 5.36.